The summed E-state index contributed by atoms with van der Waals surface area (Å²) >= 11 is 15.6. The smallest absolute Gasteiger partial charge is 0.0744 e. The zero-order valence-electron chi connectivity index (χ0n) is 11.8. The van der Waals surface area contributed by atoms with Crippen molar-refractivity contribution in [3.8, 4) is 0 Å². The van der Waals surface area contributed by atoms with Gasteiger partial charge in [0.15, 0.2) is 0 Å². The Bertz CT molecular complexity index is 634. The third-order valence-electron chi connectivity index (χ3n) is 3.22. The van der Waals surface area contributed by atoms with Gasteiger partial charge in [0.25, 0.3) is 0 Å². The zero-order chi connectivity index (χ0) is 15.4. The minimum Gasteiger partial charge on any atom is -0.380 e. The van der Waals surface area contributed by atoms with Crippen LogP contribution in [0.25, 0.3) is 0 Å². The van der Waals surface area contributed by atoms with Crippen molar-refractivity contribution in [3.63, 3.8) is 0 Å². The first-order valence-electron chi connectivity index (χ1n) is 6.50. The molecular weight excluding hydrogens is 373 g/mol. The second kappa shape index (κ2) is 7.50. The van der Waals surface area contributed by atoms with E-state index in [1.54, 1.807) is 7.11 Å². The lowest BCUT2D eigenvalue weighted by atomic mass is 10.1. The molecule has 1 atom stereocenters. The number of ether oxygens (including phenoxy) is 1. The van der Waals surface area contributed by atoms with Gasteiger partial charge in [-0.15, -0.1) is 0 Å². The number of hydrogen-bond donors (Lipinski definition) is 1. The van der Waals surface area contributed by atoms with E-state index in [0.29, 0.717) is 16.7 Å². The normalized spacial score (nSPS) is 12.2. The summed E-state index contributed by atoms with van der Waals surface area (Å²) in [6, 6.07) is 11.8. The van der Waals surface area contributed by atoms with Crippen LogP contribution in [0.3, 0.4) is 0 Å². The van der Waals surface area contributed by atoms with E-state index in [0.717, 1.165) is 21.3 Å². The Hall–Kier alpha value is -0.740. The van der Waals surface area contributed by atoms with Gasteiger partial charge < -0.3 is 10.1 Å². The first kappa shape index (κ1) is 16.6. The van der Waals surface area contributed by atoms with Crippen LogP contribution in [0.4, 0.5) is 5.69 Å². The lowest BCUT2D eigenvalue weighted by molar-refractivity contribution is 0.185. The van der Waals surface area contributed by atoms with Crippen LogP contribution >= 0.6 is 39.1 Å². The van der Waals surface area contributed by atoms with Gasteiger partial charge in [0.05, 0.1) is 16.7 Å². The van der Waals surface area contributed by atoms with Gasteiger partial charge in [-0.05, 0) is 36.8 Å². The topological polar surface area (TPSA) is 21.3 Å². The number of methoxy groups -OCH3 is 1. The van der Waals surface area contributed by atoms with Crippen molar-refractivity contribution in [1.29, 1.82) is 0 Å². The molecule has 0 saturated carbocycles. The molecule has 0 fully saturated rings. The van der Waals surface area contributed by atoms with Crippen molar-refractivity contribution in [3.05, 3.63) is 62.0 Å². The zero-order valence-corrected chi connectivity index (χ0v) is 14.9. The molecule has 0 saturated heterocycles. The van der Waals surface area contributed by atoms with Gasteiger partial charge in [-0.2, -0.15) is 0 Å². The van der Waals surface area contributed by atoms with E-state index in [9.17, 15) is 0 Å². The van der Waals surface area contributed by atoms with Crippen molar-refractivity contribution in [1.82, 2.24) is 0 Å². The van der Waals surface area contributed by atoms with Crippen LogP contribution in [-0.4, -0.2) is 7.11 Å². The highest BCUT2D eigenvalue weighted by atomic mass is 79.9. The Labute approximate surface area is 143 Å². The molecular formula is C16H16BrCl2NO. The fourth-order valence-electron chi connectivity index (χ4n) is 2.08. The van der Waals surface area contributed by atoms with Gasteiger partial charge >= 0.3 is 0 Å². The van der Waals surface area contributed by atoms with E-state index in [1.807, 2.05) is 36.4 Å². The summed E-state index contributed by atoms with van der Waals surface area (Å²) in [4.78, 5) is 0. The van der Waals surface area contributed by atoms with Gasteiger partial charge in [0, 0.05) is 28.9 Å². The molecule has 112 valence electrons. The SMILES string of the molecule is COCc1c(Br)cccc1NC(C)c1ccc(Cl)c(Cl)c1. The molecule has 0 spiro atoms. The summed E-state index contributed by atoms with van der Waals surface area (Å²) in [5.41, 5.74) is 3.20. The quantitative estimate of drug-likeness (QED) is 0.670. The Kier molecular flexibility index (Phi) is 5.94. The predicted octanol–water partition coefficient (Wildman–Crippen LogP) is 6.08. The second-order valence-corrected chi connectivity index (χ2v) is 6.41. The summed E-state index contributed by atoms with van der Waals surface area (Å²) in [7, 11) is 1.69. The van der Waals surface area contributed by atoms with Crippen LogP contribution in [0.2, 0.25) is 10.0 Å². The molecule has 0 aliphatic carbocycles. The fourth-order valence-corrected chi connectivity index (χ4v) is 2.87. The third kappa shape index (κ3) is 4.13. The van der Waals surface area contributed by atoms with Gasteiger partial charge in [0.2, 0.25) is 0 Å². The third-order valence-corrected chi connectivity index (χ3v) is 4.71. The van der Waals surface area contributed by atoms with Crippen LogP contribution in [0, 0.1) is 0 Å². The molecule has 0 aliphatic heterocycles. The van der Waals surface area contributed by atoms with E-state index in [2.05, 4.69) is 28.2 Å². The highest BCUT2D eigenvalue weighted by molar-refractivity contribution is 9.10. The van der Waals surface area contributed by atoms with Crippen molar-refractivity contribution in [2.45, 2.75) is 19.6 Å². The monoisotopic (exact) mass is 387 g/mol. The minimum atomic E-state index is 0.102. The summed E-state index contributed by atoms with van der Waals surface area (Å²) in [5.74, 6) is 0. The van der Waals surface area contributed by atoms with E-state index in [1.165, 1.54) is 0 Å². The van der Waals surface area contributed by atoms with Gasteiger partial charge in [-0.3, -0.25) is 0 Å². The first-order valence-corrected chi connectivity index (χ1v) is 8.05. The van der Waals surface area contributed by atoms with Crippen molar-refractivity contribution < 1.29 is 4.74 Å². The van der Waals surface area contributed by atoms with Gasteiger partial charge in [-0.25, -0.2) is 0 Å². The van der Waals surface area contributed by atoms with Crippen LogP contribution < -0.4 is 5.32 Å². The molecule has 0 bridgehead atoms. The molecule has 0 aromatic heterocycles. The number of benzene rings is 2. The van der Waals surface area contributed by atoms with Crippen LogP contribution in [0.1, 0.15) is 24.1 Å². The predicted molar refractivity (Wildman–Crippen MR) is 93.4 cm³/mol. The molecule has 2 nitrogen and oxygen atoms in total. The number of anilines is 1. The lowest BCUT2D eigenvalue weighted by Crippen LogP contribution is -2.09. The summed E-state index contributed by atoms with van der Waals surface area (Å²) < 4.78 is 6.29. The van der Waals surface area contributed by atoms with Crippen molar-refractivity contribution in [2.75, 3.05) is 12.4 Å². The highest BCUT2D eigenvalue weighted by Crippen LogP contribution is 2.30. The molecule has 0 amide bonds. The molecule has 0 heterocycles. The van der Waals surface area contributed by atoms with Gasteiger partial charge in [0.1, 0.15) is 0 Å². The largest absolute Gasteiger partial charge is 0.380 e. The molecule has 1 N–H and O–H groups in total. The van der Waals surface area contributed by atoms with Crippen LogP contribution in [0.15, 0.2) is 40.9 Å². The molecule has 5 heteroatoms. The van der Waals surface area contributed by atoms with Crippen LogP contribution in [-0.2, 0) is 11.3 Å². The molecule has 21 heavy (non-hydrogen) atoms. The average molecular weight is 389 g/mol. The number of hydrogen-bond acceptors (Lipinski definition) is 2. The van der Waals surface area contributed by atoms with Crippen molar-refractivity contribution >= 4 is 44.8 Å². The fraction of sp³-hybridized carbons (Fsp3) is 0.250. The lowest BCUT2D eigenvalue weighted by Gasteiger charge is -2.19. The van der Waals surface area contributed by atoms with E-state index in [4.69, 9.17) is 27.9 Å². The average Bonchev–Trinajstić information content (AvgIpc) is 2.45. The molecule has 1 unspecified atom stereocenters. The maximum atomic E-state index is 6.08. The number of nitrogens with one attached hydrogen (secondary N) is 1. The number of rotatable bonds is 5. The molecule has 0 radical (unpaired) electrons. The maximum Gasteiger partial charge on any atom is 0.0744 e. The molecule has 2 aromatic rings. The molecule has 2 aromatic carbocycles. The van der Waals surface area contributed by atoms with E-state index >= 15 is 0 Å². The Balaban J connectivity index is 2.24. The first-order chi connectivity index (χ1) is 10.0. The summed E-state index contributed by atoms with van der Waals surface area (Å²) in [6.07, 6.45) is 0. The highest BCUT2D eigenvalue weighted by Gasteiger charge is 2.11. The Morgan fingerprint density at radius 2 is 1.95 bits per heavy atom. The Morgan fingerprint density at radius 1 is 1.19 bits per heavy atom. The maximum absolute atomic E-state index is 6.08. The van der Waals surface area contributed by atoms with Gasteiger partial charge in [-0.1, -0.05) is 51.3 Å². The Morgan fingerprint density at radius 3 is 2.62 bits per heavy atom. The number of halogens is 3. The molecule has 0 aliphatic rings. The summed E-state index contributed by atoms with van der Waals surface area (Å²) in [5, 5.41) is 4.62. The van der Waals surface area contributed by atoms with Crippen LogP contribution in [0.5, 0.6) is 0 Å². The molecule has 2 rings (SSSR count). The van der Waals surface area contributed by atoms with E-state index in [-0.39, 0.29) is 6.04 Å². The summed E-state index contributed by atoms with van der Waals surface area (Å²) in [6.45, 7) is 2.62. The second-order valence-electron chi connectivity index (χ2n) is 4.74. The standard InChI is InChI=1S/C16H16BrCl2NO/c1-10(11-6-7-14(18)15(19)8-11)20-16-5-3-4-13(17)12(16)9-21-2/h3-8,10,20H,9H2,1-2H3. The van der Waals surface area contributed by atoms with Crippen molar-refractivity contribution in [2.24, 2.45) is 0 Å². The minimum absolute atomic E-state index is 0.102. The van der Waals surface area contributed by atoms with E-state index < -0.39 is 0 Å².